The van der Waals surface area contributed by atoms with Gasteiger partial charge in [-0.05, 0) is 75.9 Å². The summed E-state index contributed by atoms with van der Waals surface area (Å²) in [6.45, 7) is 7.26. The first-order chi connectivity index (χ1) is 12.9. The van der Waals surface area contributed by atoms with Gasteiger partial charge in [0.1, 0.15) is 0 Å². The van der Waals surface area contributed by atoms with Crippen LogP contribution in [-0.2, 0) is 14.8 Å². The van der Waals surface area contributed by atoms with Crippen LogP contribution in [-0.4, -0.2) is 55.8 Å². The van der Waals surface area contributed by atoms with Gasteiger partial charge in [-0.3, -0.25) is 9.69 Å². The van der Waals surface area contributed by atoms with Gasteiger partial charge in [0.15, 0.2) is 0 Å². The standard InChI is InChI=1S/C20H31N3O3S/c1-16-10-14-22(15-11-16)17(2)20(24)21-18-6-8-19(9-7-18)27(25,26)23-12-4-3-5-13-23/h6-9,16-17H,3-5,10-15H2,1-2H3,(H,21,24). The van der Waals surface area contributed by atoms with Gasteiger partial charge in [-0.2, -0.15) is 4.31 Å². The lowest BCUT2D eigenvalue weighted by Gasteiger charge is -2.34. The minimum absolute atomic E-state index is 0.0452. The summed E-state index contributed by atoms with van der Waals surface area (Å²) < 4.78 is 26.9. The maximum atomic E-state index is 12.7. The van der Waals surface area contributed by atoms with Gasteiger partial charge >= 0.3 is 0 Å². The van der Waals surface area contributed by atoms with Crippen LogP contribution in [0.4, 0.5) is 5.69 Å². The fourth-order valence-corrected chi connectivity index (χ4v) is 5.31. The lowest BCUT2D eigenvalue weighted by Crippen LogP contribution is -2.45. The van der Waals surface area contributed by atoms with Crippen LogP contribution in [0.15, 0.2) is 29.2 Å². The van der Waals surface area contributed by atoms with E-state index in [2.05, 4.69) is 17.1 Å². The molecule has 1 aromatic rings. The predicted octanol–water partition coefficient (Wildman–Crippen LogP) is 2.92. The molecule has 7 heteroatoms. The van der Waals surface area contributed by atoms with E-state index in [4.69, 9.17) is 0 Å². The quantitative estimate of drug-likeness (QED) is 0.835. The highest BCUT2D eigenvalue weighted by atomic mass is 32.2. The smallest absolute Gasteiger partial charge is 0.243 e. The Balaban J connectivity index is 1.60. The molecule has 2 heterocycles. The summed E-state index contributed by atoms with van der Waals surface area (Å²) in [6.07, 6.45) is 5.17. The molecule has 6 nitrogen and oxygen atoms in total. The molecule has 0 aliphatic carbocycles. The molecule has 2 fully saturated rings. The molecule has 1 amide bonds. The number of anilines is 1. The number of likely N-dealkylation sites (tertiary alicyclic amines) is 1. The molecule has 150 valence electrons. The van der Waals surface area contributed by atoms with Gasteiger partial charge < -0.3 is 5.32 Å². The van der Waals surface area contributed by atoms with Crippen LogP contribution >= 0.6 is 0 Å². The number of rotatable bonds is 5. The van der Waals surface area contributed by atoms with E-state index < -0.39 is 10.0 Å². The molecule has 0 radical (unpaired) electrons. The molecular formula is C20H31N3O3S. The Labute approximate surface area is 163 Å². The Morgan fingerprint density at radius 1 is 1.04 bits per heavy atom. The Bertz CT molecular complexity index is 734. The molecule has 0 bridgehead atoms. The summed E-state index contributed by atoms with van der Waals surface area (Å²) in [7, 11) is -3.43. The number of carbonyl (C=O) groups is 1. The van der Waals surface area contributed by atoms with Crippen molar-refractivity contribution in [3.05, 3.63) is 24.3 Å². The van der Waals surface area contributed by atoms with Crippen molar-refractivity contribution < 1.29 is 13.2 Å². The summed E-state index contributed by atoms with van der Waals surface area (Å²) >= 11 is 0. The predicted molar refractivity (Wildman–Crippen MR) is 107 cm³/mol. The molecule has 1 unspecified atom stereocenters. The third kappa shape index (κ3) is 4.89. The van der Waals surface area contributed by atoms with E-state index >= 15 is 0 Å². The Morgan fingerprint density at radius 2 is 1.63 bits per heavy atom. The van der Waals surface area contributed by atoms with Crippen LogP contribution in [0.3, 0.4) is 0 Å². The molecule has 1 aromatic carbocycles. The van der Waals surface area contributed by atoms with Gasteiger partial charge in [-0.25, -0.2) is 8.42 Å². The van der Waals surface area contributed by atoms with Crippen molar-refractivity contribution in [1.29, 1.82) is 0 Å². The molecule has 1 N–H and O–H groups in total. The second-order valence-corrected chi connectivity index (χ2v) is 9.81. The first kappa shape index (κ1) is 20.3. The Morgan fingerprint density at radius 3 is 2.22 bits per heavy atom. The summed E-state index contributed by atoms with van der Waals surface area (Å²) in [5.74, 6) is 0.682. The number of amides is 1. The van der Waals surface area contributed by atoms with Gasteiger partial charge in [0.25, 0.3) is 0 Å². The Hall–Kier alpha value is -1.44. The monoisotopic (exact) mass is 393 g/mol. The van der Waals surface area contributed by atoms with Crippen molar-refractivity contribution in [1.82, 2.24) is 9.21 Å². The van der Waals surface area contributed by atoms with E-state index in [1.54, 1.807) is 28.6 Å². The van der Waals surface area contributed by atoms with Gasteiger partial charge in [-0.15, -0.1) is 0 Å². The first-order valence-electron chi connectivity index (χ1n) is 10.0. The average molecular weight is 394 g/mol. The highest BCUT2D eigenvalue weighted by Crippen LogP contribution is 2.23. The topological polar surface area (TPSA) is 69.7 Å². The van der Waals surface area contributed by atoms with E-state index in [0.717, 1.165) is 51.1 Å². The molecule has 27 heavy (non-hydrogen) atoms. The summed E-state index contributed by atoms with van der Waals surface area (Å²) in [6, 6.07) is 6.35. The SMILES string of the molecule is CC1CCN(C(C)C(=O)Nc2ccc(S(=O)(=O)N3CCCCC3)cc2)CC1. The number of nitrogens with one attached hydrogen (secondary N) is 1. The summed E-state index contributed by atoms with van der Waals surface area (Å²) in [5.41, 5.74) is 0.634. The normalized spacial score (nSPS) is 21.7. The summed E-state index contributed by atoms with van der Waals surface area (Å²) in [4.78, 5) is 15.0. The van der Waals surface area contributed by atoms with Crippen LogP contribution in [0.25, 0.3) is 0 Å². The van der Waals surface area contributed by atoms with Gasteiger partial charge in [0.05, 0.1) is 10.9 Å². The van der Waals surface area contributed by atoms with Gasteiger partial charge in [0.2, 0.25) is 15.9 Å². The average Bonchev–Trinajstić information content (AvgIpc) is 2.69. The zero-order valence-corrected chi connectivity index (χ0v) is 17.2. The zero-order chi connectivity index (χ0) is 19.4. The van der Waals surface area contributed by atoms with Crippen LogP contribution in [0.2, 0.25) is 0 Å². The van der Waals surface area contributed by atoms with Gasteiger partial charge in [0, 0.05) is 18.8 Å². The fraction of sp³-hybridized carbons (Fsp3) is 0.650. The van der Waals surface area contributed by atoms with E-state index in [-0.39, 0.29) is 11.9 Å². The van der Waals surface area contributed by atoms with Crippen molar-refractivity contribution >= 4 is 21.6 Å². The number of hydrogen-bond acceptors (Lipinski definition) is 4. The number of nitrogens with zero attached hydrogens (tertiary/aromatic N) is 2. The zero-order valence-electron chi connectivity index (χ0n) is 16.4. The Kier molecular flexibility index (Phi) is 6.55. The molecule has 2 aliphatic rings. The summed E-state index contributed by atoms with van der Waals surface area (Å²) in [5, 5.41) is 2.92. The van der Waals surface area contributed by atoms with Crippen LogP contribution in [0.5, 0.6) is 0 Å². The fourth-order valence-electron chi connectivity index (χ4n) is 3.79. The van der Waals surface area contributed by atoms with E-state index in [1.165, 1.54) is 0 Å². The van der Waals surface area contributed by atoms with Crippen LogP contribution in [0, 0.1) is 5.92 Å². The molecule has 0 aromatic heterocycles. The molecule has 2 saturated heterocycles. The van der Waals surface area contributed by atoms with Crippen molar-refractivity contribution in [2.45, 2.75) is 56.9 Å². The van der Waals surface area contributed by atoms with E-state index in [0.29, 0.717) is 23.7 Å². The lowest BCUT2D eigenvalue weighted by atomic mass is 9.98. The van der Waals surface area contributed by atoms with Crippen molar-refractivity contribution in [2.75, 3.05) is 31.5 Å². The molecule has 0 spiro atoms. The molecule has 1 atom stereocenters. The number of benzene rings is 1. The molecule has 2 aliphatic heterocycles. The lowest BCUT2D eigenvalue weighted by molar-refractivity contribution is -0.121. The van der Waals surface area contributed by atoms with Gasteiger partial charge in [-0.1, -0.05) is 13.3 Å². The third-order valence-corrected chi connectivity index (χ3v) is 7.73. The second kappa shape index (κ2) is 8.71. The number of hydrogen-bond donors (Lipinski definition) is 1. The van der Waals surface area contributed by atoms with Crippen LogP contribution < -0.4 is 5.32 Å². The second-order valence-electron chi connectivity index (χ2n) is 7.87. The largest absolute Gasteiger partial charge is 0.325 e. The van der Waals surface area contributed by atoms with E-state index in [1.807, 2.05) is 6.92 Å². The highest BCUT2D eigenvalue weighted by Gasteiger charge is 2.27. The van der Waals surface area contributed by atoms with Crippen molar-refractivity contribution in [3.63, 3.8) is 0 Å². The minimum atomic E-state index is -3.43. The molecule has 0 saturated carbocycles. The first-order valence-corrected chi connectivity index (χ1v) is 11.5. The molecule has 3 rings (SSSR count). The maximum Gasteiger partial charge on any atom is 0.243 e. The maximum absolute atomic E-state index is 12.7. The van der Waals surface area contributed by atoms with Crippen molar-refractivity contribution in [3.8, 4) is 0 Å². The molecular weight excluding hydrogens is 362 g/mol. The number of carbonyl (C=O) groups excluding carboxylic acids is 1. The number of piperidine rings is 2. The van der Waals surface area contributed by atoms with Crippen LogP contribution in [0.1, 0.15) is 46.0 Å². The number of sulfonamides is 1. The van der Waals surface area contributed by atoms with E-state index in [9.17, 15) is 13.2 Å². The highest BCUT2D eigenvalue weighted by molar-refractivity contribution is 7.89. The van der Waals surface area contributed by atoms with Crippen molar-refractivity contribution in [2.24, 2.45) is 5.92 Å². The third-order valence-electron chi connectivity index (χ3n) is 5.82. The minimum Gasteiger partial charge on any atom is -0.325 e.